The second-order valence-corrected chi connectivity index (χ2v) is 7.31. The Morgan fingerprint density at radius 2 is 1.76 bits per heavy atom. The van der Waals surface area contributed by atoms with Crippen molar-refractivity contribution in [1.82, 2.24) is 9.97 Å². The Kier molecular flexibility index (Phi) is 4.68. The maximum atomic E-state index is 6.07. The number of hydrogen-bond donors (Lipinski definition) is 2. The van der Waals surface area contributed by atoms with E-state index in [-0.39, 0.29) is 11.4 Å². The van der Waals surface area contributed by atoms with Gasteiger partial charge in [0.25, 0.3) is 0 Å². The van der Waals surface area contributed by atoms with Crippen molar-refractivity contribution in [2.45, 2.75) is 20.3 Å². The Morgan fingerprint density at radius 3 is 2.48 bits per heavy atom. The van der Waals surface area contributed by atoms with E-state index in [1.807, 2.05) is 42.5 Å². The minimum absolute atomic E-state index is 0.0700. The molecule has 1 heterocycles. The third kappa shape index (κ3) is 4.12. The molecule has 3 aromatic rings. The van der Waals surface area contributed by atoms with Gasteiger partial charge in [-0.1, -0.05) is 43.6 Å². The summed E-state index contributed by atoms with van der Waals surface area (Å²) in [5.41, 5.74) is 13.5. The van der Waals surface area contributed by atoms with Crippen molar-refractivity contribution in [2.75, 3.05) is 18.1 Å². The average Bonchev–Trinajstić information content (AvgIpc) is 2.54. The molecule has 0 unspecified atom stereocenters. The van der Waals surface area contributed by atoms with E-state index in [4.69, 9.17) is 27.8 Å². The van der Waals surface area contributed by atoms with Crippen LogP contribution in [0.2, 0.25) is 5.02 Å². The normalized spacial score (nSPS) is 11.6. The van der Waals surface area contributed by atoms with Gasteiger partial charge in [0.15, 0.2) is 0 Å². The van der Waals surface area contributed by atoms with Gasteiger partial charge in [-0.25, -0.2) is 4.98 Å². The molecule has 25 heavy (non-hydrogen) atoms. The molecule has 1 aromatic heterocycles. The van der Waals surface area contributed by atoms with Gasteiger partial charge in [-0.05, 0) is 36.2 Å². The number of anilines is 2. The Labute approximate surface area is 152 Å². The molecule has 2 aromatic carbocycles. The standard InChI is InChI=1S/C19H21ClN4O/c1-19(2,10-12-6-8-13(20)9-7-12)11-25-15-5-3-4-14-16(15)17(21)24-18(22)23-14/h3-9H,10-11H2,1-2H3,(H4,21,22,23,24). The van der Waals surface area contributed by atoms with Gasteiger partial charge in [0.2, 0.25) is 5.95 Å². The van der Waals surface area contributed by atoms with Gasteiger partial charge in [-0.15, -0.1) is 0 Å². The van der Waals surface area contributed by atoms with Crippen molar-refractivity contribution in [3.05, 3.63) is 53.1 Å². The highest BCUT2D eigenvalue weighted by Gasteiger charge is 2.21. The SMILES string of the molecule is CC(C)(COc1cccc2nc(N)nc(N)c12)Cc1ccc(Cl)cc1. The van der Waals surface area contributed by atoms with Crippen LogP contribution in [-0.2, 0) is 6.42 Å². The molecular formula is C19H21ClN4O. The van der Waals surface area contributed by atoms with Gasteiger partial charge < -0.3 is 16.2 Å². The van der Waals surface area contributed by atoms with E-state index in [1.165, 1.54) is 5.56 Å². The number of halogens is 1. The molecule has 0 fully saturated rings. The van der Waals surface area contributed by atoms with Crippen LogP contribution in [0.25, 0.3) is 10.9 Å². The van der Waals surface area contributed by atoms with Crippen LogP contribution < -0.4 is 16.2 Å². The molecule has 0 saturated heterocycles. The quantitative estimate of drug-likeness (QED) is 0.718. The number of ether oxygens (including phenoxy) is 1. The van der Waals surface area contributed by atoms with E-state index in [2.05, 4.69) is 23.8 Å². The number of benzene rings is 2. The molecule has 0 aliphatic carbocycles. The predicted molar refractivity (Wildman–Crippen MR) is 103 cm³/mol. The summed E-state index contributed by atoms with van der Waals surface area (Å²) in [5, 5.41) is 1.43. The Balaban J connectivity index is 1.78. The number of nitrogens with two attached hydrogens (primary N) is 2. The smallest absolute Gasteiger partial charge is 0.222 e. The fraction of sp³-hybridized carbons (Fsp3) is 0.263. The zero-order valence-corrected chi connectivity index (χ0v) is 15.0. The fourth-order valence-corrected chi connectivity index (χ4v) is 2.92. The Bertz CT molecular complexity index is 894. The van der Waals surface area contributed by atoms with Gasteiger partial charge in [0, 0.05) is 10.4 Å². The summed E-state index contributed by atoms with van der Waals surface area (Å²) in [4.78, 5) is 8.25. The van der Waals surface area contributed by atoms with Crippen molar-refractivity contribution in [3.8, 4) is 5.75 Å². The average molecular weight is 357 g/mol. The number of rotatable bonds is 5. The van der Waals surface area contributed by atoms with Crippen LogP contribution in [0.3, 0.4) is 0 Å². The topological polar surface area (TPSA) is 87.0 Å². The van der Waals surface area contributed by atoms with Crippen molar-refractivity contribution < 1.29 is 4.74 Å². The highest BCUT2D eigenvalue weighted by atomic mass is 35.5. The van der Waals surface area contributed by atoms with Gasteiger partial charge >= 0.3 is 0 Å². The maximum absolute atomic E-state index is 6.07. The lowest BCUT2D eigenvalue weighted by Crippen LogP contribution is -2.24. The number of fused-ring (bicyclic) bond motifs is 1. The lowest BCUT2D eigenvalue weighted by molar-refractivity contribution is 0.181. The van der Waals surface area contributed by atoms with Gasteiger partial charge in [0.1, 0.15) is 11.6 Å². The van der Waals surface area contributed by atoms with E-state index in [1.54, 1.807) is 0 Å². The van der Waals surface area contributed by atoms with Gasteiger partial charge in [-0.3, -0.25) is 0 Å². The molecule has 0 aliphatic heterocycles. The van der Waals surface area contributed by atoms with Crippen molar-refractivity contribution in [3.63, 3.8) is 0 Å². The van der Waals surface area contributed by atoms with Crippen LogP contribution in [0.1, 0.15) is 19.4 Å². The van der Waals surface area contributed by atoms with E-state index < -0.39 is 0 Å². The molecule has 3 rings (SSSR count). The Hall–Kier alpha value is -2.53. The first-order valence-corrected chi connectivity index (χ1v) is 8.41. The molecule has 0 aliphatic rings. The molecule has 0 saturated carbocycles. The van der Waals surface area contributed by atoms with E-state index >= 15 is 0 Å². The zero-order chi connectivity index (χ0) is 18.0. The van der Waals surface area contributed by atoms with Crippen LogP contribution in [-0.4, -0.2) is 16.6 Å². The molecule has 130 valence electrons. The summed E-state index contributed by atoms with van der Waals surface area (Å²) in [6, 6.07) is 13.5. The predicted octanol–water partition coefficient (Wildman–Crippen LogP) is 4.10. The first kappa shape index (κ1) is 17.3. The number of nitrogen functional groups attached to an aromatic ring is 2. The van der Waals surface area contributed by atoms with Crippen molar-refractivity contribution in [1.29, 1.82) is 0 Å². The van der Waals surface area contributed by atoms with Crippen molar-refractivity contribution in [2.24, 2.45) is 5.41 Å². The summed E-state index contributed by atoms with van der Waals surface area (Å²) < 4.78 is 6.07. The van der Waals surface area contributed by atoms with Crippen LogP contribution in [0, 0.1) is 5.41 Å². The lowest BCUT2D eigenvalue weighted by Gasteiger charge is -2.25. The number of nitrogens with zero attached hydrogens (tertiary/aromatic N) is 2. The molecule has 4 N–H and O–H groups in total. The van der Waals surface area contributed by atoms with E-state index in [0.29, 0.717) is 29.1 Å². The number of aromatic nitrogens is 2. The molecule has 0 bridgehead atoms. The zero-order valence-electron chi connectivity index (χ0n) is 14.3. The highest BCUT2D eigenvalue weighted by molar-refractivity contribution is 6.30. The summed E-state index contributed by atoms with van der Waals surface area (Å²) in [5.74, 6) is 1.15. The van der Waals surface area contributed by atoms with Crippen LogP contribution >= 0.6 is 11.6 Å². The minimum atomic E-state index is -0.0700. The van der Waals surface area contributed by atoms with Crippen LogP contribution in [0.4, 0.5) is 11.8 Å². The molecule has 0 atom stereocenters. The molecule has 0 radical (unpaired) electrons. The summed E-state index contributed by atoms with van der Waals surface area (Å²) in [6.07, 6.45) is 0.869. The third-order valence-electron chi connectivity index (χ3n) is 3.94. The van der Waals surface area contributed by atoms with E-state index in [0.717, 1.165) is 11.4 Å². The third-order valence-corrected chi connectivity index (χ3v) is 4.20. The summed E-state index contributed by atoms with van der Waals surface area (Å²) in [7, 11) is 0. The summed E-state index contributed by atoms with van der Waals surface area (Å²) in [6.45, 7) is 4.84. The maximum Gasteiger partial charge on any atom is 0.222 e. The molecule has 5 nitrogen and oxygen atoms in total. The summed E-state index contributed by atoms with van der Waals surface area (Å²) >= 11 is 5.95. The first-order chi connectivity index (χ1) is 11.8. The second-order valence-electron chi connectivity index (χ2n) is 6.87. The van der Waals surface area contributed by atoms with Crippen LogP contribution in [0.5, 0.6) is 5.75 Å². The molecule has 0 spiro atoms. The largest absolute Gasteiger partial charge is 0.492 e. The molecular weight excluding hydrogens is 336 g/mol. The number of hydrogen-bond acceptors (Lipinski definition) is 5. The first-order valence-electron chi connectivity index (χ1n) is 8.03. The van der Waals surface area contributed by atoms with Crippen molar-refractivity contribution >= 4 is 34.3 Å². The highest BCUT2D eigenvalue weighted by Crippen LogP contribution is 2.31. The minimum Gasteiger partial charge on any atom is -0.492 e. The Morgan fingerprint density at radius 1 is 1.04 bits per heavy atom. The van der Waals surface area contributed by atoms with E-state index in [9.17, 15) is 0 Å². The van der Waals surface area contributed by atoms with Gasteiger partial charge in [0.05, 0.1) is 17.5 Å². The fourth-order valence-electron chi connectivity index (χ4n) is 2.80. The van der Waals surface area contributed by atoms with Crippen LogP contribution in [0.15, 0.2) is 42.5 Å². The second kappa shape index (κ2) is 6.76. The van der Waals surface area contributed by atoms with Gasteiger partial charge in [-0.2, -0.15) is 4.98 Å². The molecule has 0 amide bonds. The molecule has 6 heteroatoms. The monoisotopic (exact) mass is 356 g/mol. The lowest BCUT2D eigenvalue weighted by atomic mass is 9.86.